The highest BCUT2D eigenvalue weighted by Crippen LogP contribution is 2.15. The van der Waals surface area contributed by atoms with Crippen molar-refractivity contribution in [3.63, 3.8) is 0 Å². The van der Waals surface area contributed by atoms with E-state index in [1.54, 1.807) is 0 Å². The standard InChI is InChI=1S/C53H94O6/c1-4-7-10-13-16-19-22-25-27-29-31-34-37-40-43-46-52(55)58-49-50(48-57-51(54)45-42-39-36-33-30-24-21-18-15-12-9-6-3)59-53(56)47-44-41-38-35-32-28-26-23-20-17-14-11-8-5-2/h8,11,17,19-20,22,26,28,50H,4-7,9-10,12-16,18,21,23-25,27,29-49H2,1-3H3/b11-8-,20-17-,22-19-,28-26-. The molecule has 0 saturated carbocycles. The fraction of sp³-hybridized carbons (Fsp3) is 0.792. The zero-order chi connectivity index (χ0) is 43.0. The summed E-state index contributed by atoms with van der Waals surface area (Å²) in [6.45, 7) is 6.49. The second-order valence-corrected chi connectivity index (χ2v) is 16.7. The maximum absolute atomic E-state index is 12.8. The molecule has 0 radical (unpaired) electrons. The summed E-state index contributed by atoms with van der Waals surface area (Å²) in [4.78, 5) is 37.9. The normalized spacial score (nSPS) is 12.4. The van der Waals surface area contributed by atoms with Crippen LogP contribution in [0.2, 0.25) is 0 Å². The molecule has 0 aromatic rings. The van der Waals surface area contributed by atoms with Crippen molar-refractivity contribution in [2.75, 3.05) is 13.2 Å². The lowest BCUT2D eigenvalue weighted by Crippen LogP contribution is -2.30. The molecule has 6 heteroatoms. The van der Waals surface area contributed by atoms with E-state index in [0.29, 0.717) is 19.3 Å². The molecular formula is C53H94O6. The van der Waals surface area contributed by atoms with Crippen LogP contribution in [0.15, 0.2) is 48.6 Å². The summed E-state index contributed by atoms with van der Waals surface area (Å²) < 4.78 is 16.8. The number of esters is 3. The van der Waals surface area contributed by atoms with Gasteiger partial charge in [0.15, 0.2) is 6.10 Å². The summed E-state index contributed by atoms with van der Waals surface area (Å²) in [5.41, 5.74) is 0. The Kier molecular flexibility index (Phi) is 45.9. The molecule has 342 valence electrons. The number of rotatable bonds is 45. The van der Waals surface area contributed by atoms with Gasteiger partial charge in [-0.15, -0.1) is 0 Å². The predicted molar refractivity (Wildman–Crippen MR) is 252 cm³/mol. The van der Waals surface area contributed by atoms with Crippen molar-refractivity contribution in [1.82, 2.24) is 0 Å². The van der Waals surface area contributed by atoms with E-state index < -0.39 is 6.10 Å². The van der Waals surface area contributed by atoms with Crippen molar-refractivity contribution in [3.8, 4) is 0 Å². The molecule has 0 aromatic carbocycles. The maximum Gasteiger partial charge on any atom is 0.306 e. The number of hydrogen-bond acceptors (Lipinski definition) is 6. The molecule has 1 atom stereocenters. The highest BCUT2D eigenvalue weighted by molar-refractivity contribution is 5.71. The van der Waals surface area contributed by atoms with Crippen LogP contribution >= 0.6 is 0 Å². The summed E-state index contributed by atoms with van der Waals surface area (Å²) in [5, 5.41) is 0. The number of hydrogen-bond donors (Lipinski definition) is 0. The van der Waals surface area contributed by atoms with Gasteiger partial charge in [-0.3, -0.25) is 14.4 Å². The number of unbranched alkanes of at least 4 members (excludes halogenated alkanes) is 26. The Morgan fingerprint density at radius 3 is 1.07 bits per heavy atom. The first-order valence-electron chi connectivity index (χ1n) is 25.1. The van der Waals surface area contributed by atoms with Gasteiger partial charge in [0.05, 0.1) is 0 Å². The van der Waals surface area contributed by atoms with Crippen LogP contribution in [0.4, 0.5) is 0 Å². The molecule has 0 fully saturated rings. The lowest BCUT2D eigenvalue weighted by atomic mass is 10.0. The molecule has 6 nitrogen and oxygen atoms in total. The second kappa shape index (κ2) is 48.0. The quantitative estimate of drug-likeness (QED) is 0.0263. The average Bonchev–Trinajstić information content (AvgIpc) is 3.23. The molecule has 0 spiro atoms. The predicted octanol–water partition coefficient (Wildman–Crippen LogP) is 16.3. The molecular weight excluding hydrogens is 733 g/mol. The van der Waals surface area contributed by atoms with Gasteiger partial charge in [0.1, 0.15) is 13.2 Å². The third-order valence-corrected chi connectivity index (χ3v) is 10.8. The van der Waals surface area contributed by atoms with E-state index in [1.807, 2.05) is 0 Å². The van der Waals surface area contributed by atoms with Gasteiger partial charge in [0, 0.05) is 19.3 Å². The molecule has 59 heavy (non-hydrogen) atoms. The average molecular weight is 827 g/mol. The third-order valence-electron chi connectivity index (χ3n) is 10.8. The zero-order valence-electron chi connectivity index (χ0n) is 39.0. The Morgan fingerprint density at radius 1 is 0.356 bits per heavy atom. The van der Waals surface area contributed by atoms with Crippen molar-refractivity contribution in [1.29, 1.82) is 0 Å². The molecule has 0 rings (SSSR count). The van der Waals surface area contributed by atoms with E-state index >= 15 is 0 Å². The van der Waals surface area contributed by atoms with Crippen LogP contribution in [0.25, 0.3) is 0 Å². The summed E-state index contributed by atoms with van der Waals surface area (Å²) in [6, 6.07) is 0. The second-order valence-electron chi connectivity index (χ2n) is 16.7. The van der Waals surface area contributed by atoms with Gasteiger partial charge in [0.25, 0.3) is 0 Å². The Hall–Kier alpha value is -2.63. The van der Waals surface area contributed by atoms with Crippen molar-refractivity contribution in [3.05, 3.63) is 48.6 Å². The Bertz CT molecular complexity index is 1040. The maximum atomic E-state index is 12.8. The minimum absolute atomic E-state index is 0.0815. The Labute approximate surface area is 365 Å². The molecule has 0 aliphatic rings. The topological polar surface area (TPSA) is 78.9 Å². The van der Waals surface area contributed by atoms with E-state index in [0.717, 1.165) is 89.9 Å². The van der Waals surface area contributed by atoms with Gasteiger partial charge in [-0.1, -0.05) is 204 Å². The first-order valence-corrected chi connectivity index (χ1v) is 25.1. The molecule has 0 N–H and O–H groups in total. The van der Waals surface area contributed by atoms with Crippen molar-refractivity contribution < 1.29 is 28.6 Å². The van der Waals surface area contributed by atoms with Gasteiger partial charge in [-0.2, -0.15) is 0 Å². The van der Waals surface area contributed by atoms with Crippen LogP contribution in [0.3, 0.4) is 0 Å². The van der Waals surface area contributed by atoms with Crippen LogP contribution in [0.5, 0.6) is 0 Å². The lowest BCUT2D eigenvalue weighted by Gasteiger charge is -2.18. The molecule has 0 aromatic heterocycles. The minimum atomic E-state index is -0.782. The van der Waals surface area contributed by atoms with E-state index in [9.17, 15) is 14.4 Å². The summed E-state index contributed by atoms with van der Waals surface area (Å²) >= 11 is 0. The smallest absolute Gasteiger partial charge is 0.306 e. The van der Waals surface area contributed by atoms with Crippen LogP contribution < -0.4 is 0 Å². The van der Waals surface area contributed by atoms with Gasteiger partial charge < -0.3 is 14.2 Å². The lowest BCUT2D eigenvalue weighted by molar-refractivity contribution is -0.167. The van der Waals surface area contributed by atoms with E-state index in [-0.39, 0.29) is 31.1 Å². The van der Waals surface area contributed by atoms with Crippen LogP contribution in [-0.4, -0.2) is 37.2 Å². The molecule has 0 bridgehead atoms. The van der Waals surface area contributed by atoms with Crippen LogP contribution in [0, 0.1) is 0 Å². The highest BCUT2D eigenvalue weighted by Gasteiger charge is 2.19. The molecule has 0 aliphatic heterocycles. The molecule has 0 amide bonds. The van der Waals surface area contributed by atoms with Crippen LogP contribution in [0.1, 0.15) is 252 Å². The molecule has 0 saturated heterocycles. The van der Waals surface area contributed by atoms with E-state index in [2.05, 4.69) is 69.4 Å². The monoisotopic (exact) mass is 827 g/mol. The number of allylic oxidation sites excluding steroid dienone is 8. The van der Waals surface area contributed by atoms with E-state index in [4.69, 9.17) is 14.2 Å². The summed E-state index contributed by atoms with van der Waals surface area (Å²) in [5.74, 6) is -0.903. The third kappa shape index (κ3) is 46.3. The fourth-order valence-corrected chi connectivity index (χ4v) is 7.04. The number of ether oxygens (including phenoxy) is 3. The Morgan fingerprint density at radius 2 is 0.661 bits per heavy atom. The number of carbonyl (C=O) groups excluding carboxylic acids is 3. The summed E-state index contributed by atoms with van der Waals surface area (Å²) in [7, 11) is 0. The van der Waals surface area contributed by atoms with Gasteiger partial charge >= 0.3 is 17.9 Å². The van der Waals surface area contributed by atoms with Gasteiger partial charge in [0.2, 0.25) is 0 Å². The van der Waals surface area contributed by atoms with Crippen molar-refractivity contribution in [2.24, 2.45) is 0 Å². The minimum Gasteiger partial charge on any atom is -0.462 e. The number of carbonyl (C=O) groups is 3. The first-order chi connectivity index (χ1) is 29.0. The van der Waals surface area contributed by atoms with Gasteiger partial charge in [-0.25, -0.2) is 0 Å². The van der Waals surface area contributed by atoms with Crippen LogP contribution in [-0.2, 0) is 28.6 Å². The van der Waals surface area contributed by atoms with Crippen molar-refractivity contribution >= 4 is 17.9 Å². The first kappa shape index (κ1) is 56.4. The molecule has 0 aliphatic carbocycles. The summed E-state index contributed by atoms with van der Waals surface area (Å²) in [6.07, 6.45) is 56.6. The highest BCUT2D eigenvalue weighted by atomic mass is 16.6. The van der Waals surface area contributed by atoms with Crippen molar-refractivity contribution in [2.45, 2.75) is 258 Å². The zero-order valence-corrected chi connectivity index (χ0v) is 39.0. The Balaban J connectivity index is 4.40. The van der Waals surface area contributed by atoms with Gasteiger partial charge in [-0.05, 0) is 77.0 Å². The fourth-order valence-electron chi connectivity index (χ4n) is 7.04. The molecule has 1 unspecified atom stereocenters. The molecule has 0 heterocycles. The largest absolute Gasteiger partial charge is 0.462 e. The van der Waals surface area contributed by atoms with E-state index in [1.165, 1.54) is 122 Å². The SMILES string of the molecule is CC/C=C\C/C=C\C/C=C\CCCCCCC(=O)OC(COC(=O)CCCCCCCCC/C=C\CCCCCC)COC(=O)CCCCCCCCCCCCCC.